The number of esters is 3. The van der Waals surface area contributed by atoms with Crippen molar-refractivity contribution in [3.05, 3.63) is 207 Å². The number of aliphatic hydroxyl groups is 2. The molecule has 0 saturated carbocycles. The minimum Gasteiger partial charge on any atom is -0.463 e. The van der Waals surface area contributed by atoms with Gasteiger partial charge in [-0.25, -0.2) is 9.13 Å². The Balaban J connectivity index is 4.65. The third-order valence-corrected chi connectivity index (χ3v) is 18.4. The first-order valence-electron chi connectivity index (χ1n) is 41.4. The van der Waals surface area contributed by atoms with Crippen LogP contribution in [0.4, 0.5) is 0 Å². The van der Waals surface area contributed by atoms with Crippen molar-refractivity contribution in [3.63, 3.8) is 0 Å². The van der Waals surface area contributed by atoms with Crippen molar-refractivity contribution in [2.24, 2.45) is 0 Å². The Morgan fingerprint density at radius 2 is 0.468 bits per heavy atom. The molecule has 0 heterocycles. The van der Waals surface area contributed by atoms with E-state index in [2.05, 4.69) is 215 Å². The molecule has 16 nitrogen and oxygen atoms in total. The maximum Gasteiger partial charge on any atom is 0.472 e. The number of allylic oxidation sites excluding steroid dienone is 34. The Labute approximate surface area is 660 Å². The van der Waals surface area contributed by atoms with Crippen LogP contribution in [-0.2, 0) is 55.8 Å². The molecule has 0 spiro atoms. The molecule has 0 aliphatic rings. The van der Waals surface area contributed by atoms with E-state index in [0.717, 1.165) is 186 Å². The SMILES string of the molecule is CC/C=C\C/C=C\C/C=C\C/C=C\C/C=C\C/C=C\CCCCCCCCCCCCC(=O)OCC(O)COP(=O)(O)OCC(O)COP(=O)(O)OCC(COC(=O)CCCCCCCCCC/C=C\C/C=C\C/C=C\C/C=C\C/C=C\C/C=C\CC)OC(=O)CCC/C=C\C/C=C\C/C=C\C/C=C\C/C=C\CC. The van der Waals surface area contributed by atoms with Crippen LogP contribution in [0.25, 0.3) is 0 Å². The first-order chi connectivity index (χ1) is 53.2. The minimum absolute atomic E-state index is 0.0162. The highest BCUT2D eigenvalue weighted by Gasteiger charge is 2.29. The summed E-state index contributed by atoms with van der Waals surface area (Å²) in [6.07, 6.45) is 109. The number of phosphoric acid groups is 2. The fourth-order valence-corrected chi connectivity index (χ4v) is 11.9. The van der Waals surface area contributed by atoms with E-state index in [9.17, 15) is 43.5 Å². The number of aliphatic hydroxyl groups excluding tert-OH is 2. The van der Waals surface area contributed by atoms with E-state index in [1.165, 1.54) is 38.5 Å². The summed E-state index contributed by atoms with van der Waals surface area (Å²) in [5.41, 5.74) is 0. The lowest BCUT2D eigenvalue weighted by Crippen LogP contribution is -2.30. The second-order valence-corrected chi connectivity index (χ2v) is 29.7. The number of ether oxygens (including phenoxy) is 3. The van der Waals surface area contributed by atoms with Gasteiger partial charge in [0.05, 0.1) is 26.4 Å². The molecule has 0 aliphatic carbocycles. The summed E-state index contributed by atoms with van der Waals surface area (Å²) in [4.78, 5) is 58.8. The maximum atomic E-state index is 13.0. The lowest BCUT2D eigenvalue weighted by molar-refractivity contribution is -0.161. The predicted molar refractivity (Wildman–Crippen MR) is 454 cm³/mol. The summed E-state index contributed by atoms with van der Waals surface area (Å²) >= 11 is 0. The zero-order chi connectivity index (χ0) is 79.4. The van der Waals surface area contributed by atoms with E-state index in [4.69, 9.17) is 32.3 Å². The monoisotopic (exact) mass is 1560 g/mol. The number of carbonyl (C=O) groups is 3. The number of hydrogen-bond acceptors (Lipinski definition) is 14. The molecule has 4 N–H and O–H groups in total. The smallest absolute Gasteiger partial charge is 0.463 e. The van der Waals surface area contributed by atoms with Gasteiger partial charge in [-0.3, -0.25) is 32.5 Å². The molecule has 0 aromatic rings. The van der Waals surface area contributed by atoms with Crippen molar-refractivity contribution in [2.75, 3.05) is 39.6 Å². The lowest BCUT2D eigenvalue weighted by atomic mass is 10.1. The first kappa shape index (κ1) is 103. The van der Waals surface area contributed by atoms with E-state index < -0.39 is 91.5 Å². The Morgan fingerprint density at radius 1 is 0.257 bits per heavy atom. The van der Waals surface area contributed by atoms with Gasteiger partial charge in [0.1, 0.15) is 25.4 Å². The van der Waals surface area contributed by atoms with Crippen LogP contribution in [0.15, 0.2) is 207 Å². The molecule has 0 radical (unpaired) electrons. The molecule has 5 atom stereocenters. The molecule has 616 valence electrons. The van der Waals surface area contributed by atoms with Gasteiger partial charge in [0.25, 0.3) is 0 Å². The van der Waals surface area contributed by atoms with Crippen molar-refractivity contribution in [2.45, 2.75) is 309 Å². The molecule has 0 aromatic heterocycles. The van der Waals surface area contributed by atoms with Crippen LogP contribution in [0, 0.1) is 0 Å². The first-order valence-corrected chi connectivity index (χ1v) is 44.4. The van der Waals surface area contributed by atoms with Crippen LogP contribution < -0.4 is 0 Å². The lowest BCUT2D eigenvalue weighted by Gasteiger charge is -2.21. The molecule has 0 saturated heterocycles. The molecule has 0 bridgehead atoms. The van der Waals surface area contributed by atoms with E-state index >= 15 is 0 Å². The van der Waals surface area contributed by atoms with Crippen molar-refractivity contribution in [1.82, 2.24) is 0 Å². The van der Waals surface area contributed by atoms with Gasteiger partial charge in [-0.2, -0.15) is 0 Å². The van der Waals surface area contributed by atoms with Crippen molar-refractivity contribution in [1.29, 1.82) is 0 Å². The van der Waals surface area contributed by atoms with Gasteiger partial charge >= 0.3 is 33.6 Å². The Bertz CT molecular complexity index is 2810. The molecular formula is C91H146O16P2. The van der Waals surface area contributed by atoms with Crippen LogP contribution in [0.3, 0.4) is 0 Å². The Morgan fingerprint density at radius 3 is 0.752 bits per heavy atom. The summed E-state index contributed by atoms with van der Waals surface area (Å²) in [6.45, 7) is 2.24. The van der Waals surface area contributed by atoms with Gasteiger partial charge < -0.3 is 34.2 Å². The molecule has 0 aliphatic heterocycles. The van der Waals surface area contributed by atoms with Crippen molar-refractivity contribution < 1.29 is 75.8 Å². The number of unbranched alkanes of at least 4 members (excludes halogenated alkanes) is 19. The van der Waals surface area contributed by atoms with E-state index in [1.54, 1.807) is 0 Å². The van der Waals surface area contributed by atoms with Gasteiger partial charge in [-0.1, -0.05) is 317 Å². The average Bonchev–Trinajstić information content (AvgIpc) is 0.902. The molecule has 0 aromatic carbocycles. The van der Waals surface area contributed by atoms with Crippen LogP contribution in [-0.4, -0.2) is 95.9 Å². The Kier molecular flexibility index (Phi) is 77.2. The Hall–Kier alpha value is -5.87. The highest BCUT2D eigenvalue weighted by Crippen LogP contribution is 2.45. The van der Waals surface area contributed by atoms with Crippen LogP contribution in [0.1, 0.15) is 290 Å². The van der Waals surface area contributed by atoms with Crippen molar-refractivity contribution in [3.8, 4) is 0 Å². The number of phosphoric ester groups is 2. The zero-order valence-corrected chi connectivity index (χ0v) is 69.2. The van der Waals surface area contributed by atoms with Crippen LogP contribution in [0.5, 0.6) is 0 Å². The average molecular weight is 1560 g/mol. The van der Waals surface area contributed by atoms with Gasteiger partial charge in [0.2, 0.25) is 0 Å². The molecule has 0 rings (SSSR count). The van der Waals surface area contributed by atoms with E-state index in [1.807, 2.05) is 12.2 Å². The molecule has 0 fully saturated rings. The topological polar surface area (TPSA) is 231 Å². The number of hydrogen-bond donors (Lipinski definition) is 4. The van der Waals surface area contributed by atoms with Gasteiger partial charge in [-0.05, 0) is 161 Å². The van der Waals surface area contributed by atoms with Gasteiger partial charge in [-0.15, -0.1) is 0 Å². The highest BCUT2D eigenvalue weighted by molar-refractivity contribution is 7.47. The number of carbonyl (C=O) groups excluding carboxylic acids is 3. The quantitative estimate of drug-likeness (QED) is 0.0146. The molecule has 0 amide bonds. The zero-order valence-electron chi connectivity index (χ0n) is 67.4. The minimum atomic E-state index is -4.96. The normalized spacial score (nSPS) is 15.0. The summed E-state index contributed by atoms with van der Waals surface area (Å²) in [7, 11) is -9.84. The molecule has 18 heteroatoms. The molecule has 5 unspecified atom stereocenters. The third-order valence-electron chi connectivity index (χ3n) is 16.5. The van der Waals surface area contributed by atoms with E-state index in [0.29, 0.717) is 25.7 Å². The standard InChI is InChI=1S/C91H146O16P2/c1-4-7-10-13-16-19-22-25-28-31-33-35-37-39-41-42-44-46-47-49-51-54-56-59-62-65-68-71-74-77-89(94)101-80-86(92)81-103-108(97,98)104-82-87(93)83-105-109(99,100)106-85-88(107-91(96)79-76-73-70-67-64-61-58-53-30-27-24-21-18-15-12-9-6-3)84-102-90(95)78-75-72-69-66-63-60-57-55-52-50-48-45-43-40-38-36-34-32-29-26-23-20-17-14-11-8-5-2/h7-12,16-21,25-30,33-36,39-41,43-44,46,48,50,58,61,67,70,86-88,92-93H,4-6,13-15,22-24,31-32,37-38,42,45,47,49,51-57,59-60,62-66,68-69,71-85H2,1-3H3,(H,97,98)(H,99,100)/b10-7-,11-8-,12-9-,19-16-,20-17-,21-18-,28-25-,29-26-,30-27-,35-33-,36-34-,41-39-,43-40-,46-44-,50-48-,61-58-,70-67-. The predicted octanol–water partition coefficient (Wildman–Crippen LogP) is 24.9. The fourth-order valence-electron chi connectivity index (χ4n) is 10.3. The maximum absolute atomic E-state index is 13.0. The second kappa shape index (κ2) is 81.6. The van der Waals surface area contributed by atoms with Crippen molar-refractivity contribution >= 4 is 33.6 Å². The largest absolute Gasteiger partial charge is 0.472 e. The molecular weight excluding hydrogens is 1410 g/mol. The molecule has 109 heavy (non-hydrogen) atoms. The third kappa shape index (κ3) is 82.9. The highest BCUT2D eigenvalue weighted by atomic mass is 31.2. The van der Waals surface area contributed by atoms with Gasteiger partial charge in [0.15, 0.2) is 6.10 Å². The van der Waals surface area contributed by atoms with Crippen LogP contribution >= 0.6 is 15.6 Å². The van der Waals surface area contributed by atoms with Crippen LogP contribution in [0.2, 0.25) is 0 Å². The van der Waals surface area contributed by atoms with E-state index in [-0.39, 0.29) is 19.3 Å². The summed E-state index contributed by atoms with van der Waals surface area (Å²) < 4.78 is 61.2. The number of rotatable bonds is 76. The second-order valence-electron chi connectivity index (χ2n) is 26.8. The summed E-state index contributed by atoms with van der Waals surface area (Å²) in [5.74, 6) is -1.67. The van der Waals surface area contributed by atoms with Gasteiger partial charge in [0, 0.05) is 19.3 Å². The summed E-state index contributed by atoms with van der Waals surface area (Å²) in [6, 6.07) is 0. The summed E-state index contributed by atoms with van der Waals surface area (Å²) in [5, 5.41) is 20.7. The fraction of sp³-hybridized carbons (Fsp3) is 0.593.